The average molecular weight is 285 g/mol. The lowest BCUT2D eigenvalue weighted by Gasteiger charge is -2.28. The van der Waals surface area contributed by atoms with Crippen molar-refractivity contribution >= 4 is 27.3 Å². The van der Waals surface area contributed by atoms with Gasteiger partial charge in [-0.25, -0.2) is 0 Å². The summed E-state index contributed by atoms with van der Waals surface area (Å²) in [7, 11) is 0. The largest absolute Gasteiger partial charge is 0.297 e. The van der Waals surface area contributed by atoms with Crippen LogP contribution < -0.4 is 0 Å². The van der Waals surface area contributed by atoms with E-state index in [1.165, 1.54) is 8.66 Å². The Morgan fingerprint density at radius 3 is 3.13 bits per heavy atom. The maximum atomic E-state index is 8.90. The number of halogens is 1. The lowest BCUT2D eigenvalue weighted by atomic mass is 10.00. The van der Waals surface area contributed by atoms with Gasteiger partial charge in [-0.3, -0.25) is 4.90 Å². The molecule has 1 aliphatic rings. The Kier molecular flexibility index (Phi) is 3.79. The number of nitriles is 1. The van der Waals surface area contributed by atoms with Crippen molar-refractivity contribution in [1.29, 1.82) is 5.26 Å². The summed E-state index contributed by atoms with van der Waals surface area (Å²) in [4.78, 5) is 3.76. The van der Waals surface area contributed by atoms with E-state index in [1.54, 1.807) is 11.3 Å². The topological polar surface area (TPSA) is 27.0 Å². The van der Waals surface area contributed by atoms with Gasteiger partial charge in [0.25, 0.3) is 0 Å². The highest BCUT2D eigenvalue weighted by atomic mass is 79.9. The molecule has 4 heteroatoms. The second-order valence-corrected chi connectivity index (χ2v) is 6.46. The first kappa shape index (κ1) is 11.1. The fourth-order valence-corrected chi connectivity index (χ4v) is 3.49. The first-order chi connectivity index (χ1) is 7.28. The minimum atomic E-state index is 0.238. The summed E-state index contributed by atoms with van der Waals surface area (Å²) >= 11 is 5.25. The molecule has 80 valence electrons. The van der Waals surface area contributed by atoms with E-state index < -0.39 is 0 Å². The predicted octanol–water partition coefficient (Wildman–Crippen LogP) is 3.25. The summed E-state index contributed by atoms with van der Waals surface area (Å²) in [6, 6.07) is 6.62. The Morgan fingerprint density at radius 2 is 2.47 bits per heavy atom. The maximum Gasteiger partial charge on any atom is 0.0701 e. The van der Waals surface area contributed by atoms with E-state index >= 15 is 0 Å². The number of hydrogen-bond acceptors (Lipinski definition) is 3. The van der Waals surface area contributed by atoms with E-state index in [4.69, 9.17) is 5.26 Å². The van der Waals surface area contributed by atoms with Gasteiger partial charge in [0.15, 0.2) is 0 Å². The molecule has 0 aliphatic carbocycles. The van der Waals surface area contributed by atoms with Gasteiger partial charge in [0.1, 0.15) is 0 Å². The van der Waals surface area contributed by atoms with Crippen molar-refractivity contribution in [1.82, 2.24) is 4.90 Å². The smallest absolute Gasteiger partial charge is 0.0701 e. The molecule has 1 aliphatic heterocycles. The monoisotopic (exact) mass is 284 g/mol. The third-order valence-corrected chi connectivity index (χ3v) is 4.30. The SMILES string of the molecule is N#CC1CCCN(Cc2ccc(Br)s2)C1. The molecule has 15 heavy (non-hydrogen) atoms. The zero-order valence-electron chi connectivity index (χ0n) is 8.45. The summed E-state index contributed by atoms with van der Waals surface area (Å²) in [6.45, 7) is 3.06. The third-order valence-electron chi connectivity index (χ3n) is 2.70. The zero-order valence-corrected chi connectivity index (χ0v) is 10.9. The second kappa shape index (κ2) is 5.11. The summed E-state index contributed by atoms with van der Waals surface area (Å²) in [6.07, 6.45) is 2.23. The highest BCUT2D eigenvalue weighted by Gasteiger charge is 2.19. The average Bonchev–Trinajstić information content (AvgIpc) is 2.64. The minimum Gasteiger partial charge on any atom is -0.297 e. The molecule has 1 atom stereocenters. The predicted molar refractivity (Wildman–Crippen MR) is 65.6 cm³/mol. The maximum absolute atomic E-state index is 8.90. The molecule has 2 rings (SSSR count). The molecule has 0 aromatic carbocycles. The van der Waals surface area contributed by atoms with Crippen LogP contribution in [0.3, 0.4) is 0 Å². The first-order valence-electron chi connectivity index (χ1n) is 5.14. The number of piperidine rings is 1. The van der Waals surface area contributed by atoms with Gasteiger partial charge in [-0.1, -0.05) is 0 Å². The van der Waals surface area contributed by atoms with Gasteiger partial charge in [-0.15, -0.1) is 11.3 Å². The normalized spacial score (nSPS) is 22.5. The summed E-state index contributed by atoms with van der Waals surface area (Å²) < 4.78 is 1.19. The van der Waals surface area contributed by atoms with Crippen molar-refractivity contribution in [2.75, 3.05) is 13.1 Å². The second-order valence-electron chi connectivity index (χ2n) is 3.91. The van der Waals surface area contributed by atoms with Gasteiger partial charge < -0.3 is 0 Å². The molecule has 2 nitrogen and oxygen atoms in total. The van der Waals surface area contributed by atoms with Gasteiger partial charge in [0, 0.05) is 18.0 Å². The fraction of sp³-hybridized carbons (Fsp3) is 0.545. The highest BCUT2D eigenvalue weighted by Crippen LogP contribution is 2.25. The quantitative estimate of drug-likeness (QED) is 0.834. The van der Waals surface area contributed by atoms with E-state index in [0.717, 1.165) is 32.5 Å². The number of rotatable bonds is 2. The Morgan fingerprint density at radius 1 is 1.60 bits per heavy atom. The van der Waals surface area contributed by atoms with Crippen molar-refractivity contribution in [3.63, 3.8) is 0 Å². The molecule has 0 N–H and O–H groups in total. The lowest BCUT2D eigenvalue weighted by molar-refractivity contribution is 0.193. The van der Waals surface area contributed by atoms with Crippen molar-refractivity contribution in [3.05, 3.63) is 20.8 Å². The van der Waals surface area contributed by atoms with Gasteiger partial charge in [-0.2, -0.15) is 5.26 Å². The van der Waals surface area contributed by atoms with Crippen LogP contribution in [0.5, 0.6) is 0 Å². The van der Waals surface area contributed by atoms with Crippen molar-refractivity contribution in [2.45, 2.75) is 19.4 Å². The van der Waals surface area contributed by atoms with Gasteiger partial charge in [0.2, 0.25) is 0 Å². The summed E-state index contributed by atoms with van der Waals surface area (Å²) in [5.74, 6) is 0.238. The molecule has 0 saturated carbocycles. The zero-order chi connectivity index (χ0) is 10.7. The van der Waals surface area contributed by atoms with E-state index in [9.17, 15) is 0 Å². The Balaban J connectivity index is 1.92. The van der Waals surface area contributed by atoms with Crippen LogP contribution in [0.25, 0.3) is 0 Å². The molecular formula is C11H13BrN2S. The third kappa shape index (κ3) is 3.04. The number of hydrogen-bond donors (Lipinski definition) is 0. The van der Waals surface area contributed by atoms with E-state index in [2.05, 4.69) is 39.0 Å². The van der Waals surface area contributed by atoms with E-state index in [1.807, 2.05) is 0 Å². The highest BCUT2D eigenvalue weighted by molar-refractivity contribution is 9.11. The van der Waals surface area contributed by atoms with Gasteiger partial charge in [-0.05, 0) is 47.4 Å². The molecule has 1 aromatic rings. The standard InChI is InChI=1S/C11H13BrN2S/c12-11-4-3-10(15-11)8-14-5-1-2-9(6-13)7-14/h3-4,9H,1-2,5,7-8H2. The molecule has 1 aromatic heterocycles. The Bertz CT molecular complexity index is 369. The summed E-state index contributed by atoms with van der Waals surface area (Å²) in [5.41, 5.74) is 0. The van der Waals surface area contributed by atoms with Crippen LogP contribution in [-0.2, 0) is 6.54 Å². The van der Waals surface area contributed by atoms with Crippen LogP contribution in [0.4, 0.5) is 0 Å². The van der Waals surface area contributed by atoms with Crippen LogP contribution in [0.2, 0.25) is 0 Å². The molecule has 2 heterocycles. The fourth-order valence-electron chi connectivity index (χ4n) is 1.96. The van der Waals surface area contributed by atoms with Crippen LogP contribution in [0.15, 0.2) is 15.9 Å². The van der Waals surface area contributed by atoms with Crippen molar-refractivity contribution < 1.29 is 0 Å². The molecular weight excluding hydrogens is 272 g/mol. The number of likely N-dealkylation sites (tertiary alicyclic amines) is 1. The molecule has 1 saturated heterocycles. The molecule has 0 radical (unpaired) electrons. The molecule has 1 fully saturated rings. The Labute approximate surface area is 103 Å². The molecule has 0 bridgehead atoms. The van der Waals surface area contributed by atoms with E-state index in [0.29, 0.717) is 0 Å². The van der Waals surface area contributed by atoms with Crippen LogP contribution in [-0.4, -0.2) is 18.0 Å². The van der Waals surface area contributed by atoms with Gasteiger partial charge in [0.05, 0.1) is 15.8 Å². The van der Waals surface area contributed by atoms with Crippen LogP contribution in [0, 0.1) is 17.2 Å². The van der Waals surface area contributed by atoms with Gasteiger partial charge >= 0.3 is 0 Å². The lowest BCUT2D eigenvalue weighted by Crippen LogP contribution is -2.34. The molecule has 1 unspecified atom stereocenters. The van der Waals surface area contributed by atoms with E-state index in [-0.39, 0.29) is 5.92 Å². The van der Waals surface area contributed by atoms with Crippen molar-refractivity contribution in [3.8, 4) is 6.07 Å². The van der Waals surface area contributed by atoms with Crippen molar-refractivity contribution in [2.24, 2.45) is 5.92 Å². The Hall–Kier alpha value is -0.370. The summed E-state index contributed by atoms with van der Waals surface area (Å²) in [5, 5.41) is 8.90. The van der Waals surface area contributed by atoms with Crippen LogP contribution in [0.1, 0.15) is 17.7 Å². The molecule has 0 spiro atoms. The van der Waals surface area contributed by atoms with Crippen LogP contribution >= 0.6 is 27.3 Å². The number of thiophene rings is 1. The molecule has 0 amide bonds. The minimum absolute atomic E-state index is 0.238. The first-order valence-corrected chi connectivity index (χ1v) is 6.75. The number of nitrogens with zero attached hydrogens (tertiary/aromatic N) is 2.